The highest BCUT2D eigenvalue weighted by molar-refractivity contribution is 7.99. The fourth-order valence-corrected chi connectivity index (χ4v) is 8.16. The van der Waals surface area contributed by atoms with Crippen LogP contribution in [-0.4, -0.2) is 47.0 Å². The van der Waals surface area contributed by atoms with Gasteiger partial charge in [-0.25, -0.2) is 0 Å². The molecule has 2 bridgehead atoms. The molecule has 6 nitrogen and oxygen atoms in total. The Hall–Kier alpha value is -1.86. The van der Waals surface area contributed by atoms with Gasteiger partial charge in [-0.2, -0.15) is 0 Å². The van der Waals surface area contributed by atoms with E-state index < -0.39 is 6.04 Å². The molecule has 4 aliphatic rings. The van der Waals surface area contributed by atoms with E-state index in [9.17, 15) is 14.4 Å². The van der Waals surface area contributed by atoms with E-state index in [1.54, 1.807) is 4.90 Å². The molecule has 2 aliphatic carbocycles. The first-order valence-corrected chi connectivity index (χ1v) is 14.3. The zero-order valence-electron chi connectivity index (χ0n) is 21.3. The Kier molecular flexibility index (Phi) is 6.77. The molecule has 2 N–H and O–H groups in total. The van der Waals surface area contributed by atoms with Gasteiger partial charge in [0.15, 0.2) is 0 Å². The highest BCUT2D eigenvalue weighted by atomic mass is 32.2. The lowest BCUT2D eigenvalue weighted by molar-refractivity contribution is -0.136. The summed E-state index contributed by atoms with van der Waals surface area (Å²) in [6, 6.07) is 6.00. The predicted octanol–water partition coefficient (Wildman–Crippen LogP) is 4.51. The summed E-state index contributed by atoms with van der Waals surface area (Å²) in [5.41, 5.74) is 2.64. The Balaban J connectivity index is 1.07. The second kappa shape index (κ2) is 9.55. The van der Waals surface area contributed by atoms with Gasteiger partial charge in [-0.15, -0.1) is 11.8 Å². The number of amides is 3. The number of unbranched alkanes of at least 4 members (excludes halogenated alkanes) is 2. The third-order valence-electron chi connectivity index (χ3n) is 9.80. The number of nitrogens with zero attached hydrogens (tertiary/aromatic N) is 1. The number of fused-ring (bicyclic) bond motifs is 3. The number of benzene rings is 1. The van der Waals surface area contributed by atoms with Crippen LogP contribution in [0.1, 0.15) is 88.1 Å². The van der Waals surface area contributed by atoms with E-state index in [0.717, 1.165) is 35.1 Å². The molecule has 3 amide bonds. The monoisotopic (exact) mass is 497 g/mol. The fourth-order valence-electron chi connectivity index (χ4n) is 7.07. The van der Waals surface area contributed by atoms with Crippen LogP contribution in [0.2, 0.25) is 0 Å². The summed E-state index contributed by atoms with van der Waals surface area (Å²) in [6.45, 7) is 9.00. The molecule has 1 aromatic carbocycles. The van der Waals surface area contributed by atoms with Crippen LogP contribution in [0.15, 0.2) is 23.1 Å². The summed E-state index contributed by atoms with van der Waals surface area (Å²) in [5, 5.41) is 6.27. The van der Waals surface area contributed by atoms with Crippen LogP contribution in [-0.2, 0) is 16.1 Å². The van der Waals surface area contributed by atoms with Gasteiger partial charge in [-0.3, -0.25) is 19.7 Å². The first-order valence-electron chi connectivity index (χ1n) is 13.3. The molecule has 0 spiro atoms. The number of carbonyl (C=O) groups is 3. The highest BCUT2D eigenvalue weighted by Crippen LogP contribution is 2.65. The molecule has 1 aromatic rings. The van der Waals surface area contributed by atoms with Crippen molar-refractivity contribution in [3.8, 4) is 0 Å². The highest BCUT2D eigenvalue weighted by Gasteiger charge is 2.60. The predicted molar refractivity (Wildman–Crippen MR) is 138 cm³/mol. The molecule has 2 saturated carbocycles. The van der Waals surface area contributed by atoms with Crippen LogP contribution in [0.25, 0.3) is 0 Å². The fraction of sp³-hybridized carbons (Fsp3) is 0.679. The van der Waals surface area contributed by atoms with Crippen LogP contribution >= 0.6 is 11.8 Å². The summed E-state index contributed by atoms with van der Waals surface area (Å²) in [7, 11) is 0. The second-order valence-electron chi connectivity index (χ2n) is 11.7. The lowest BCUT2D eigenvalue weighted by Crippen LogP contribution is -2.52. The van der Waals surface area contributed by atoms with Gasteiger partial charge in [0, 0.05) is 29.5 Å². The molecule has 5 rings (SSSR count). The Morgan fingerprint density at radius 1 is 1.11 bits per heavy atom. The molecular weight excluding hydrogens is 458 g/mol. The van der Waals surface area contributed by atoms with Gasteiger partial charge in [0.2, 0.25) is 11.8 Å². The van der Waals surface area contributed by atoms with Crippen LogP contribution in [0.5, 0.6) is 0 Å². The van der Waals surface area contributed by atoms with Crippen molar-refractivity contribution >= 4 is 29.5 Å². The first kappa shape index (κ1) is 24.8. The van der Waals surface area contributed by atoms with E-state index >= 15 is 0 Å². The Morgan fingerprint density at radius 2 is 1.94 bits per heavy atom. The van der Waals surface area contributed by atoms with Crippen molar-refractivity contribution < 1.29 is 14.4 Å². The third kappa shape index (κ3) is 4.33. The summed E-state index contributed by atoms with van der Waals surface area (Å²) >= 11 is 1.82. The van der Waals surface area contributed by atoms with Gasteiger partial charge >= 0.3 is 0 Å². The number of carbonyl (C=O) groups excluding carboxylic acids is 3. The third-order valence-corrected chi connectivity index (χ3v) is 11.0. The molecule has 0 radical (unpaired) electrons. The average Bonchev–Trinajstić information content (AvgIpc) is 3.34. The second-order valence-corrected chi connectivity index (χ2v) is 12.8. The normalized spacial score (nSPS) is 31.2. The minimum Gasteiger partial charge on any atom is -0.322 e. The van der Waals surface area contributed by atoms with E-state index in [1.807, 2.05) is 23.9 Å². The molecular formula is C28H39N3O3S. The van der Waals surface area contributed by atoms with Crippen molar-refractivity contribution in [2.24, 2.45) is 16.7 Å². The van der Waals surface area contributed by atoms with E-state index in [-0.39, 0.29) is 24.1 Å². The summed E-state index contributed by atoms with van der Waals surface area (Å²) in [6.07, 6.45) is 8.34. The van der Waals surface area contributed by atoms with Crippen molar-refractivity contribution in [2.75, 3.05) is 12.3 Å². The Labute approximate surface area is 213 Å². The maximum Gasteiger partial charge on any atom is 0.255 e. The lowest BCUT2D eigenvalue weighted by Gasteiger charge is -2.39. The van der Waals surface area contributed by atoms with Gasteiger partial charge < -0.3 is 10.2 Å². The standard InChI is InChI=1S/C28H39N3O3S/c1-27(2)18-12-13-28(27,3)23(16-18)29-14-5-4-6-15-35-22-9-7-8-19-20(22)17-31(26(19)34)21-10-11-24(32)30-25(21)33/h7-9,18,21,23,29H,4-6,10-17H2,1-3H3,(H,30,32,33)/t18-,21?,23+,28+/m1/s1. The number of hydrogen-bond acceptors (Lipinski definition) is 5. The largest absolute Gasteiger partial charge is 0.322 e. The topological polar surface area (TPSA) is 78.5 Å². The summed E-state index contributed by atoms with van der Waals surface area (Å²) < 4.78 is 0. The van der Waals surface area contributed by atoms with Gasteiger partial charge in [-0.1, -0.05) is 33.3 Å². The average molecular weight is 498 g/mol. The molecule has 2 aliphatic heterocycles. The smallest absolute Gasteiger partial charge is 0.255 e. The summed E-state index contributed by atoms with van der Waals surface area (Å²) in [4.78, 5) is 39.6. The van der Waals surface area contributed by atoms with Crippen LogP contribution in [0.4, 0.5) is 0 Å². The molecule has 1 unspecified atom stereocenters. The molecule has 190 valence electrons. The van der Waals surface area contributed by atoms with Crippen molar-refractivity contribution in [3.05, 3.63) is 29.3 Å². The first-order chi connectivity index (χ1) is 16.7. The van der Waals surface area contributed by atoms with Gasteiger partial charge in [0.25, 0.3) is 5.91 Å². The Bertz CT molecular complexity index is 1020. The maximum atomic E-state index is 13.0. The van der Waals surface area contributed by atoms with E-state index in [4.69, 9.17) is 0 Å². The minimum atomic E-state index is -0.555. The Morgan fingerprint density at radius 3 is 2.66 bits per heavy atom. The van der Waals surface area contributed by atoms with E-state index in [1.165, 1.54) is 32.1 Å². The minimum absolute atomic E-state index is 0.0967. The number of rotatable bonds is 9. The van der Waals surface area contributed by atoms with Crippen molar-refractivity contribution in [1.29, 1.82) is 0 Å². The number of thioether (sulfide) groups is 1. The number of hydrogen-bond donors (Lipinski definition) is 2. The lowest BCUT2D eigenvalue weighted by atomic mass is 9.69. The summed E-state index contributed by atoms with van der Waals surface area (Å²) in [5.74, 6) is 1.20. The molecule has 2 heterocycles. The van der Waals surface area contributed by atoms with Crippen LogP contribution < -0.4 is 10.6 Å². The molecule has 35 heavy (non-hydrogen) atoms. The maximum absolute atomic E-state index is 13.0. The zero-order valence-corrected chi connectivity index (χ0v) is 22.1. The molecule has 1 saturated heterocycles. The van der Waals surface area contributed by atoms with Crippen LogP contribution in [0, 0.1) is 16.7 Å². The molecule has 7 heteroatoms. The van der Waals surface area contributed by atoms with Crippen molar-refractivity contribution in [2.45, 2.75) is 95.7 Å². The van der Waals surface area contributed by atoms with Gasteiger partial charge in [0.05, 0.1) is 0 Å². The molecule has 3 fully saturated rings. The van der Waals surface area contributed by atoms with Crippen molar-refractivity contribution in [3.63, 3.8) is 0 Å². The van der Waals surface area contributed by atoms with Gasteiger partial charge in [-0.05, 0) is 85.3 Å². The van der Waals surface area contributed by atoms with E-state index in [0.29, 0.717) is 35.4 Å². The van der Waals surface area contributed by atoms with Gasteiger partial charge in [0.1, 0.15) is 6.04 Å². The van der Waals surface area contributed by atoms with Crippen LogP contribution in [0.3, 0.4) is 0 Å². The van der Waals surface area contributed by atoms with Crippen molar-refractivity contribution in [1.82, 2.24) is 15.5 Å². The van der Waals surface area contributed by atoms with E-state index in [2.05, 4.69) is 37.5 Å². The number of imide groups is 1. The molecule has 4 atom stereocenters. The quantitative estimate of drug-likeness (QED) is 0.298. The molecule has 0 aromatic heterocycles. The zero-order chi connectivity index (χ0) is 24.8. The SMILES string of the molecule is CC1(C)[C@@H]2CC[C@@]1(C)[C@@H](NCCCCCSc1cccc3c1CN(C1CCC(=O)NC1=O)C3=O)C2. The number of nitrogens with one attached hydrogen (secondary N) is 2. The number of piperidine rings is 1.